The Morgan fingerprint density at radius 1 is 1.07 bits per heavy atom. The summed E-state index contributed by atoms with van der Waals surface area (Å²) in [4.78, 5) is 24.5. The molecule has 1 aliphatic rings. The molecule has 0 aromatic heterocycles. The van der Waals surface area contributed by atoms with Gasteiger partial charge in [0.1, 0.15) is 19.0 Å². The maximum atomic E-state index is 12.6. The van der Waals surface area contributed by atoms with Gasteiger partial charge in [-0.3, -0.25) is 0 Å². The number of benzene rings is 2. The van der Waals surface area contributed by atoms with Gasteiger partial charge in [0.15, 0.2) is 0 Å². The van der Waals surface area contributed by atoms with Gasteiger partial charge in [-0.25, -0.2) is 9.59 Å². The summed E-state index contributed by atoms with van der Waals surface area (Å²) in [5, 5.41) is 5.93. The molecule has 0 saturated heterocycles. The molecule has 0 saturated carbocycles. The van der Waals surface area contributed by atoms with Gasteiger partial charge in [0.2, 0.25) is 0 Å². The summed E-state index contributed by atoms with van der Waals surface area (Å²) in [7, 11) is 0. The normalized spacial score (nSPS) is 16.4. The molecule has 0 bridgehead atoms. The first-order valence-electron chi connectivity index (χ1n) is 8.43. The number of urea groups is 1. The SMILES string of the molecule is CC1=C(C(=O)OCCOc2ccccc2)C(c2ccc(Cl)cc2)NC(=O)N1. The second-order valence-electron chi connectivity index (χ2n) is 5.92. The van der Waals surface area contributed by atoms with Crippen LogP contribution in [0.5, 0.6) is 5.75 Å². The van der Waals surface area contributed by atoms with Crippen molar-refractivity contribution < 1.29 is 19.1 Å². The fraction of sp³-hybridized carbons (Fsp3) is 0.200. The zero-order valence-electron chi connectivity index (χ0n) is 14.7. The Hall–Kier alpha value is -2.99. The van der Waals surface area contributed by atoms with Crippen LogP contribution in [0.3, 0.4) is 0 Å². The van der Waals surface area contributed by atoms with Crippen molar-refractivity contribution in [2.75, 3.05) is 13.2 Å². The number of para-hydroxylation sites is 1. The molecule has 1 aliphatic heterocycles. The van der Waals surface area contributed by atoms with Crippen LogP contribution in [0, 0.1) is 0 Å². The number of rotatable bonds is 6. The number of amides is 2. The minimum Gasteiger partial charge on any atom is -0.490 e. The van der Waals surface area contributed by atoms with Gasteiger partial charge in [-0.05, 0) is 36.8 Å². The number of nitrogens with one attached hydrogen (secondary N) is 2. The highest BCUT2D eigenvalue weighted by Crippen LogP contribution is 2.28. The zero-order valence-corrected chi connectivity index (χ0v) is 15.5. The summed E-state index contributed by atoms with van der Waals surface area (Å²) in [6, 6.07) is 15.2. The highest BCUT2D eigenvalue weighted by molar-refractivity contribution is 6.30. The van der Waals surface area contributed by atoms with Crippen LogP contribution in [0.15, 0.2) is 65.9 Å². The quantitative estimate of drug-likeness (QED) is 0.587. The number of esters is 1. The van der Waals surface area contributed by atoms with Crippen LogP contribution >= 0.6 is 11.6 Å². The van der Waals surface area contributed by atoms with Crippen LogP contribution in [0.4, 0.5) is 4.79 Å². The molecule has 7 heteroatoms. The standard InChI is InChI=1S/C20H19ClN2O4/c1-13-17(19(24)27-12-11-26-16-5-3-2-4-6-16)18(23-20(25)22-13)14-7-9-15(21)10-8-14/h2-10,18H,11-12H2,1H3,(H2,22,23,25). The third-order valence-corrected chi connectivity index (χ3v) is 4.27. The van der Waals surface area contributed by atoms with E-state index in [9.17, 15) is 9.59 Å². The van der Waals surface area contributed by atoms with E-state index in [4.69, 9.17) is 21.1 Å². The van der Waals surface area contributed by atoms with Crippen molar-refractivity contribution >= 4 is 23.6 Å². The second kappa shape index (κ2) is 8.60. The van der Waals surface area contributed by atoms with Crippen LogP contribution in [0.1, 0.15) is 18.5 Å². The average molecular weight is 387 g/mol. The van der Waals surface area contributed by atoms with Crippen LogP contribution in [0.25, 0.3) is 0 Å². The van der Waals surface area contributed by atoms with E-state index >= 15 is 0 Å². The monoisotopic (exact) mass is 386 g/mol. The zero-order chi connectivity index (χ0) is 19.2. The van der Waals surface area contributed by atoms with Gasteiger partial charge in [-0.15, -0.1) is 0 Å². The van der Waals surface area contributed by atoms with E-state index in [1.807, 2.05) is 30.3 Å². The van der Waals surface area contributed by atoms with Crippen molar-refractivity contribution in [3.05, 3.63) is 76.5 Å². The van der Waals surface area contributed by atoms with E-state index in [-0.39, 0.29) is 19.2 Å². The molecule has 0 fully saturated rings. The number of ether oxygens (including phenoxy) is 2. The van der Waals surface area contributed by atoms with Crippen LogP contribution < -0.4 is 15.4 Å². The molecule has 0 aliphatic carbocycles. The van der Waals surface area contributed by atoms with Crippen LogP contribution in [-0.2, 0) is 9.53 Å². The molecular weight excluding hydrogens is 368 g/mol. The van der Waals surface area contributed by atoms with Gasteiger partial charge in [0, 0.05) is 10.7 Å². The lowest BCUT2D eigenvalue weighted by atomic mass is 9.96. The first-order chi connectivity index (χ1) is 13.0. The predicted octanol–water partition coefficient (Wildman–Crippen LogP) is 3.59. The fourth-order valence-electron chi connectivity index (χ4n) is 2.76. The van der Waals surface area contributed by atoms with Crippen molar-refractivity contribution in [1.82, 2.24) is 10.6 Å². The first kappa shape index (κ1) is 18.8. The van der Waals surface area contributed by atoms with Crippen LogP contribution in [-0.4, -0.2) is 25.2 Å². The summed E-state index contributed by atoms with van der Waals surface area (Å²) < 4.78 is 10.9. The lowest BCUT2D eigenvalue weighted by Gasteiger charge is -2.28. The summed E-state index contributed by atoms with van der Waals surface area (Å²) in [5.41, 5.74) is 1.53. The number of hydrogen-bond donors (Lipinski definition) is 2. The van der Waals surface area contributed by atoms with E-state index in [1.54, 1.807) is 31.2 Å². The van der Waals surface area contributed by atoms with Crippen molar-refractivity contribution in [2.24, 2.45) is 0 Å². The Morgan fingerprint density at radius 2 is 1.78 bits per heavy atom. The van der Waals surface area contributed by atoms with Gasteiger partial charge >= 0.3 is 12.0 Å². The van der Waals surface area contributed by atoms with E-state index < -0.39 is 12.0 Å². The Bertz CT molecular complexity index is 850. The van der Waals surface area contributed by atoms with Gasteiger partial charge in [-0.1, -0.05) is 41.9 Å². The van der Waals surface area contributed by atoms with Crippen molar-refractivity contribution in [1.29, 1.82) is 0 Å². The molecule has 2 aromatic carbocycles. The molecule has 1 heterocycles. The Morgan fingerprint density at radius 3 is 2.48 bits per heavy atom. The molecule has 2 amide bonds. The number of hydrogen-bond acceptors (Lipinski definition) is 4. The Kier molecular flexibility index (Phi) is 5.98. The highest BCUT2D eigenvalue weighted by Gasteiger charge is 2.32. The molecule has 6 nitrogen and oxygen atoms in total. The minimum absolute atomic E-state index is 0.0891. The van der Waals surface area contributed by atoms with Crippen molar-refractivity contribution in [2.45, 2.75) is 13.0 Å². The molecule has 140 valence electrons. The maximum Gasteiger partial charge on any atom is 0.338 e. The fourth-order valence-corrected chi connectivity index (χ4v) is 2.88. The molecule has 27 heavy (non-hydrogen) atoms. The Labute approximate surface area is 162 Å². The lowest BCUT2D eigenvalue weighted by Crippen LogP contribution is -2.45. The smallest absolute Gasteiger partial charge is 0.338 e. The largest absolute Gasteiger partial charge is 0.490 e. The molecule has 0 radical (unpaired) electrons. The predicted molar refractivity (Wildman–Crippen MR) is 101 cm³/mol. The third-order valence-electron chi connectivity index (χ3n) is 4.02. The van der Waals surface area contributed by atoms with Gasteiger partial charge in [0.05, 0.1) is 11.6 Å². The molecule has 1 atom stereocenters. The maximum absolute atomic E-state index is 12.6. The minimum atomic E-state index is -0.612. The lowest BCUT2D eigenvalue weighted by molar-refractivity contribution is -0.140. The molecule has 0 spiro atoms. The summed E-state index contributed by atoms with van der Waals surface area (Å²) >= 11 is 5.92. The Balaban J connectivity index is 1.67. The molecule has 2 aromatic rings. The van der Waals surface area contributed by atoms with E-state index in [2.05, 4.69) is 10.6 Å². The second-order valence-corrected chi connectivity index (χ2v) is 6.36. The number of allylic oxidation sites excluding steroid dienone is 1. The van der Waals surface area contributed by atoms with Gasteiger partial charge < -0.3 is 20.1 Å². The molecule has 1 unspecified atom stereocenters. The number of halogens is 1. The number of carbonyl (C=O) groups is 2. The van der Waals surface area contributed by atoms with Crippen molar-refractivity contribution in [3.8, 4) is 5.75 Å². The van der Waals surface area contributed by atoms with Gasteiger partial charge in [-0.2, -0.15) is 0 Å². The average Bonchev–Trinajstić information content (AvgIpc) is 2.66. The van der Waals surface area contributed by atoms with Crippen molar-refractivity contribution in [3.63, 3.8) is 0 Å². The number of carbonyl (C=O) groups excluding carboxylic acids is 2. The molecule has 3 rings (SSSR count). The van der Waals surface area contributed by atoms with E-state index in [0.717, 1.165) is 5.56 Å². The van der Waals surface area contributed by atoms with Gasteiger partial charge in [0.25, 0.3) is 0 Å². The van der Waals surface area contributed by atoms with E-state index in [1.165, 1.54) is 0 Å². The summed E-state index contributed by atoms with van der Waals surface area (Å²) in [5.74, 6) is 0.186. The molecule has 2 N–H and O–H groups in total. The van der Waals surface area contributed by atoms with E-state index in [0.29, 0.717) is 22.0 Å². The first-order valence-corrected chi connectivity index (χ1v) is 8.81. The molecular formula is C20H19ClN2O4. The topological polar surface area (TPSA) is 76.7 Å². The summed E-state index contributed by atoms with van der Waals surface area (Å²) in [6.07, 6.45) is 0. The summed E-state index contributed by atoms with van der Waals surface area (Å²) in [6.45, 7) is 1.98. The highest BCUT2D eigenvalue weighted by atomic mass is 35.5. The van der Waals surface area contributed by atoms with Crippen LogP contribution in [0.2, 0.25) is 5.02 Å². The third kappa shape index (κ3) is 4.80.